The normalized spacial score (nSPS) is 12.0. The lowest BCUT2D eigenvalue weighted by Crippen LogP contribution is -2.30. The van der Waals surface area contributed by atoms with E-state index >= 15 is 0 Å². The summed E-state index contributed by atoms with van der Waals surface area (Å²) in [6.07, 6.45) is -1.03. The molecule has 0 saturated carbocycles. The SMILES string of the molecule is Cc1c(C(=O)O[C@@H](C)C(=O)Nc2ccccc2Cl)sc2cccc(F)c12. The van der Waals surface area contributed by atoms with Gasteiger partial charge < -0.3 is 10.1 Å². The van der Waals surface area contributed by atoms with E-state index in [-0.39, 0.29) is 10.7 Å². The van der Waals surface area contributed by atoms with Gasteiger partial charge >= 0.3 is 5.97 Å². The molecule has 0 bridgehead atoms. The number of thiophene rings is 1. The second-order valence-electron chi connectivity index (χ2n) is 5.69. The smallest absolute Gasteiger partial charge is 0.349 e. The van der Waals surface area contributed by atoms with Gasteiger partial charge in [0.2, 0.25) is 0 Å². The number of amides is 1. The number of para-hydroxylation sites is 1. The Hall–Kier alpha value is -2.44. The number of hydrogen-bond donors (Lipinski definition) is 1. The third-order valence-electron chi connectivity index (χ3n) is 3.87. The summed E-state index contributed by atoms with van der Waals surface area (Å²) in [7, 11) is 0. The third-order valence-corrected chi connectivity index (χ3v) is 5.44. The van der Waals surface area contributed by atoms with E-state index in [2.05, 4.69) is 5.32 Å². The van der Waals surface area contributed by atoms with Crippen LogP contribution in [0.15, 0.2) is 42.5 Å². The van der Waals surface area contributed by atoms with Gasteiger partial charge in [0.25, 0.3) is 5.91 Å². The van der Waals surface area contributed by atoms with Crippen LogP contribution in [-0.4, -0.2) is 18.0 Å². The Labute approximate surface area is 158 Å². The number of aryl methyl sites for hydroxylation is 1. The van der Waals surface area contributed by atoms with Crippen molar-refractivity contribution in [2.75, 3.05) is 5.32 Å². The average Bonchev–Trinajstić information content (AvgIpc) is 2.95. The molecule has 2 aromatic carbocycles. The highest BCUT2D eigenvalue weighted by Crippen LogP contribution is 2.33. The van der Waals surface area contributed by atoms with Gasteiger partial charge in [-0.15, -0.1) is 11.3 Å². The fourth-order valence-corrected chi connectivity index (χ4v) is 3.80. The molecule has 1 aromatic heterocycles. The van der Waals surface area contributed by atoms with Crippen molar-refractivity contribution in [1.82, 2.24) is 0 Å². The molecule has 1 N–H and O–H groups in total. The van der Waals surface area contributed by atoms with Crippen LogP contribution in [0.3, 0.4) is 0 Å². The highest BCUT2D eigenvalue weighted by atomic mass is 35.5. The Morgan fingerprint density at radius 3 is 2.62 bits per heavy atom. The van der Waals surface area contributed by atoms with Gasteiger partial charge in [-0.2, -0.15) is 0 Å². The number of nitrogens with one attached hydrogen (secondary N) is 1. The molecule has 0 radical (unpaired) electrons. The maximum Gasteiger partial charge on any atom is 0.349 e. The van der Waals surface area contributed by atoms with Crippen LogP contribution in [0.5, 0.6) is 0 Å². The highest BCUT2D eigenvalue weighted by molar-refractivity contribution is 7.21. The van der Waals surface area contributed by atoms with E-state index in [0.29, 0.717) is 26.4 Å². The first-order valence-corrected chi connectivity index (χ1v) is 9.02. The van der Waals surface area contributed by atoms with Crippen LogP contribution in [0.4, 0.5) is 10.1 Å². The zero-order valence-electron chi connectivity index (χ0n) is 14.0. The molecule has 1 atom stereocenters. The monoisotopic (exact) mass is 391 g/mol. The number of esters is 1. The van der Waals surface area contributed by atoms with Crippen LogP contribution in [0.1, 0.15) is 22.2 Å². The van der Waals surface area contributed by atoms with Crippen LogP contribution in [0, 0.1) is 12.7 Å². The van der Waals surface area contributed by atoms with Crippen LogP contribution in [-0.2, 0) is 9.53 Å². The van der Waals surface area contributed by atoms with Crippen molar-refractivity contribution >= 4 is 50.6 Å². The van der Waals surface area contributed by atoms with Gasteiger partial charge in [-0.05, 0) is 43.7 Å². The zero-order chi connectivity index (χ0) is 18.8. The molecule has 7 heteroatoms. The summed E-state index contributed by atoms with van der Waals surface area (Å²) in [4.78, 5) is 25.0. The maximum atomic E-state index is 14.0. The number of halogens is 2. The molecule has 0 aliphatic heterocycles. The van der Waals surface area contributed by atoms with Gasteiger partial charge in [0, 0.05) is 10.1 Å². The van der Waals surface area contributed by atoms with Crippen LogP contribution in [0.2, 0.25) is 5.02 Å². The van der Waals surface area contributed by atoms with Crippen LogP contribution >= 0.6 is 22.9 Å². The number of anilines is 1. The van der Waals surface area contributed by atoms with Gasteiger partial charge in [0.05, 0.1) is 10.7 Å². The van der Waals surface area contributed by atoms with Crippen molar-refractivity contribution in [3.8, 4) is 0 Å². The standard InChI is InChI=1S/C19H15ClFNO3S/c1-10-16-13(21)7-5-9-15(16)26-17(10)19(24)25-11(2)18(23)22-14-8-4-3-6-12(14)20/h3-9,11H,1-2H3,(H,22,23)/t11-/m0/s1. The Morgan fingerprint density at radius 2 is 1.92 bits per heavy atom. The zero-order valence-corrected chi connectivity index (χ0v) is 15.6. The maximum absolute atomic E-state index is 14.0. The molecule has 3 rings (SSSR count). The first kappa shape index (κ1) is 18.4. The predicted octanol–water partition coefficient (Wildman–Crippen LogP) is 5.19. The molecule has 0 aliphatic rings. The van der Waals surface area contributed by atoms with Gasteiger partial charge in [-0.25, -0.2) is 9.18 Å². The van der Waals surface area contributed by atoms with Crippen LogP contribution < -0.4 is 5.32 Å². The van der Waals surface area contributed by atoms with Gasteiger partial charge in [0.1, 0.15) is 10.7 Å². The van der Waals surface area contributed by atoms with E-state index < -0.39 is 18.0 Å². The Bertz CT molecular complexity index is 1000. The minimum atomic E-state index is -1.03. The fourth-order valence-electron chi connectivity index (χ4n) is 2.51. The number of carbonyl (C=O) groups excluding carboxylic acids is 2. The number of fused-ring (bicyclic) bond motifs is 1. The number of ether oxygens (including phenoxy) is 1. The Balaban J connectivity index is 1.75. The number of carbonyl (C=O) groups is 2. The molecule has 1 heterocycles. The minimum absolute atomic E-state index is 0.280. The minimum Gasteiger partial charge on any atom is -0.448 e. The fraction of sp³-hybridized carbons (Fsp3) is 0.158. The third kappa shape index (κ3) is 3.57. The summed E-state index contributed by atoms with van der Waals surface area (Å²) in [6.45, 7) is 3.13. The summed E-state index contributed by atoms with van der Waals surface area (Å²) < 4.78 is 19.9. The molecule has 0 spiro atoms. The van der Waals surface area contributed by atoms with Crippen molar-refractivity contribution in [2.24, 2.45) is 0 Å². The number of hydrogen-bond acceptors (Lipinski definition) is 4. The topological polar surface area (TPSA) is 55.4 Å². The summed E-state index contributed by atoms with van der Waals surface area (Å²) in [5.74, 6) is -1.55. The summed E-state index contributed by atoms with van der Waals surface area (Å²) >= 11 is 7.14. The molecule has 0 unspecified atom stereocenters. The van der Waals surface area contributed by atoms with E-state index in [9.17, 15) is 14.0 Å². The van der Waals surface area contributed by atoms with Gasteiger partial charge in [0.15, 0.2) is 6.10 Å². The number of rotatable bonds is 4. The molecule has 3 aromatic rings. The molecule has 4 nitrogen and oxygen atoms in total. The van der Waals surface area contributed by atoms with E-state index in [4.69, 9.17) is 16.3 Å². The molecule has 1 amide bonds. The Morgan fingerprint density at radius 1 is 1.19 bits per heavy atom. The molecular formula is C19H15ClFNO3S. The predicted molar refractivity (Wildman–Crippen MR) is 101 cm³/mol. The average molecular weight is 392 g/mol. The van der Waals surface area contributed by atoms with Crippen molar-refractivity contribution in [1.29, 1.82) is 0 Å². The van der Waals surface area contributed by atoms with E-state index in [1.54, 1.807) is 43.3 Å². The summed E-state index contributed by atoms with van der Waals surface area (Å²) in [6, 6.07) is 11.4. The van der Waals surface area contributed by atoms with Crippen molar-refractivity contribution in [3.63, 3.8) is 0 Å². The van der Waals surface area contributed by atoms with E-state index in [0.717, 1.165) is 11.3 Å². The van der Waals surface area contributed by atoms with Gasteiger partial charge in [-0.3, -0.25) is 4.79 Å². The number of benzene rings is 2. The van der Waals surface area contributed by atoms with E-state index in [1.165, 1.54) is 13.0 Å². The van der Waals surface area contributed by atoms with E-state index in [1.807, 2.05) is 0 Å². The van der Waals surface area contributed by atoms with Crippen molar-refractivity contribution in [2.45, 2.75) is 20.0 Å². The largest absolute Gasteiger partial charge is 0.448 e. The first-order chi connectivity index (χ1) is 12.4. The molecule has 0 fully saturated rings. The lowest BCUT2D eigenvalue weighted by Gasteiger charge is -2.14. The quantitative estimate of drug-likeness (QED) is 0.623. The van der Waals surface area contributed by atoms with Gasteiger partial charge in [-0.1, -0.05) is 29.8 Å². The Kier molecular flexibility index (Phi) is 5.25. The van der Waals surface area contributed by atoms with Crippen LogP contribution in [0.25, 0.3) is 10.1 Å². The first-order valence-electron chi connectivity index (χ1n) is 7.82. The lowest BCUT2D eigenvalue weighted by molar-refractivity contribution is -0.123. The second kappa shape index (κ2) is 7.43. The lowest BCUT2D eigenvalue weighted by atomic mass is 10.1. The second-order valence-corrected chi connectivity index (χ2v) is 7.15. The summed E-state index contributed by atoms with van der Waals surface area (Å²) in [5.41, 5.74) is 0.939. The molecule has 134 valence electrons. The molecule has 0 saturated heterocycles. The van der Waals surface area contributed by atoms with Crippen molar-refractivity contribution < 1.29 is 18.7 Å². The molecule has 0 aliphatic carbocycles. The molecule has 26 heavy (non-hydrogen) atoms. The highest BCUT2D eigenvalue weighted by Gasteiger charge is 2.24. The molecular weight excluding hydrogens is 377 g/mol. The summed E-state index contributed by atoms with van der Waals surface area (Å²) in [5, 5.41) is 3.40. The van der Waals surface area contributed by atoms with Crippen molar-refractivity contribution in [3.05, 3.63) is 63.7 Å².